The number of hydrogen-bond donors (Lipinski definition) is 0. The Kier molecular flexibility index (Phi) is 5.80. The molecule has 0 atom stereocenters. The summed E-state index contributed by atoms with van der Waals surface area (Å²) in [7, 11) is 1.27. The number of amides is 2. The SMILES string of the molecule is COC(=O)c1cn(-c2ccc(-c3noc4c3C(=O)N(CC(=O)N3CCOCC3)CC4)cc2)nn1. The molecule has 176 valence electrons. The van der Waals surface area contributed by atoms with E-state index in [-0.39, 0.29) is 24.1 Å². The summed E-state index contributed by atoms with van der Waals surface area (Å²) >= 11 is 0. The van der Waals surface area contributed by atoms with Gasteiger partial charge in [0.15, 0.2) is 11.5 Å². The Balaban J connectivity index is 1.34. The van der Waals surface area contributed by atoms with E-state index in [1.165, 1.54) is 18.0 Å². The van der Waals surface area contributed by atoms with Crippen molar-refractivity contribution < 1.29 is 28.4 Å². The minimum Gasteiger partial charge on any atom is -0.464 e. The van der Waals surface area contributed by atoms with Crippen LogP contribution in [0.3, 0.4) is 0 Å². The van der Waals surface area contributed by atoms with E-state index in [0.717, 1.165) is 0 Å². The minimum absolute atomic E-state index is 0.0106. The van der Waals surface area contributed by atoms with Gasteiger partial charge in [-0.05, 0) is 12.1 Å². The number of rotatable bonds is 5. The van der Waals surface area contributed by atoms with Crippen LogP contribution in [-0.2, 0) is 20.7 Å². The first-order valence-electron chi connectivity index (χ1n) is 10.8. The predicted octanol–water partition coefficient (Wildman–Crippen LogP) is 0.566. The van der Waals surface area contributed by atoms with E-state index in [9.17, 15) is 14.4 Å². The molecule has 1 aromatic carbocycles. The molecular weight excluding hydrogens is 444 g/mol. The Morgan fingerprint density at radius 2 is 1.88 bits per heavy atom. The smallest absolute Gasteiger partial charge is 0.360 e. The summed E-state index contributed by atoms with van der Waals surface area (Å²) in [5.74, 6) is -0.436. The summed E-state index contributed by atoms with van der Waals surface area (Å²) in [4.78, 5) is 40.7. The van der Waals surface area contributed by atoms with Crippen LogP contribution in [0.2, 0.25) is 0 Å². The van der Waals surface area contributed by atoms with E-state index < -0.39 is 5.97 Å². The first-order valence-corrected chi connectivity index (χ1v) is 10.8. The molecule has 2 aliphatic heterocycles. The van der Waals surface area contributed by atoms with Crippen molar-refractivity contribution >= 4 is 17.8 Å². The third kappa shape index (κ3) is 4.03. The molecule has 2 aromatic heterocycles. The number of morpholine rings is 1. The molecule has 12 heteroatoms. The van der Waals surface area contributed by atoms with Gasteiger partial charge < -0.3 is 23.8 Å². The minimum atomic E-state index is -0.577. The molecule has 0 spiro atoms. The molecule has 0 N–H and O–H groups in total. The lowest BCUT2D eigenvalue weighted by atomic mass is 10.0. The van der Waals surface area contributed by atoms with E-state index in [0.29, 0.717) is 67.5 Å². The normalized spacial score (nSPS) is 15.9. The quantitative estimate of drug-likeness (QED) is 0.495. The number of ether oxygens (including phenoxy) is 2. The molecule has 2 aliphatic rings. The average Bonchev–Trinajstić information content (AvgIpc) is 3.54. The van der Waals surface area contributed by atoms with Gasteiger partial charge in [0, 0.05) is 31.6 Å². The van der Waals surface area contributed by atoms with Crippen LogP contribution < -0.4 is 0 Å². The fraction of sp³-hybridized carbons (Fsp3) is 0.364. The van der Waals surface area contributed by atoms with Crippen LogP contribution in [0, 0.1) is 0 Å². The number of methoxy groups -OCH3 is 1. The molecule has 12 nitrogen and oxygen atoms in total. The maximum Gasteiger partial charge on any atom is 0.360 e. The van der Waals surface area contributed by atoms with Crippen LogP contribution in [0.4, 0.5) is 0 Å². The number of carbonyl (C=O) groups excluding carboxylic acids is 3. The number of hydrogen-bond acceptors (Lipinski definition) is 9. The molecule has 5 rings (SSSR count). The van der Waals surface area contributed by atoms with Gasteiger partial charge in [0.25, 0.3) is 5.91 Å². The van der Waals surface area contributed by atoms with Crippen LogP contribution in [-0.4, -0.2) is 94.2 Å². The zero-order valence-electron chi connectivity index (χ0n) is 18.5. The van der Waals surface area contributed by atoms with Crippen LogP contribution in [0.5, 0.6) is 0 Å². The second kappa shape index (κ2) is 9.06. The topological polar surface area (TPSA) is 133 Å². The van der Waals surface area contributed by atoms with Gasteiger partial charge >= 0.3 is 5.97 Å². The molecule has 3 aromatic rings. The summed E-state index contributed by atoms with van der Waals surface area (Å²) in [6, 6.07) is 7.08. The van der Waals surface area contributed by atoms with E-state index in [4.69, 9.17) is 9.26 Å². The van der Waals surface area contributed by atoms with E-state index in [1.54, 1.807) is 34.1 Å². The first-order chi connectivity index (χ1) is 16.5. The van der Waals surface area contributed by atoms with Crippen LogP contribution in [0.1, 0.15) is 26.6 Å². The van der Waals surface area contributed by atoms with Crippen LogP contribution >= 0.6 is 0 Å². The maximum atomic E-state index is 13.2. The van der Waals surface area contributed by atoms with Crippen molar-refractivity contribution in [2.24, 2.45) is 0 Å². The van der Waals surface area contributed by atoms with Crippen LogP contribution in [0.25, 0.3) is 16.9 Å². The molecule has 0 radical (unpaired) electrons. The summed E-state index contributed by atoms with van der Waals surface area (Å²) in [5.41, 5.74) is 2.23. The van der Waals surface area contributed by atoms with Crippen molar-refractivity contribution in [2.75, 3.05) is 46.5 Å². The molecular formula is C22H22N6O6. The number of carbonyl (C=O) groups is 3. The van der Waals surface area contributed by atoms with E-state index >= 15 is 0 Å². The Bertz CT molecular complexity index is 1230. The fourth-order valence-electron chi connectivity index (χ4n) is 4.00. The highest BCUT2D eigenvalue weighted by molar-refractivity contribution is 6.03. The van der Waals surface area contributed by atoms with Crippen LogP contribution in [0.15, 0.2) is 35.0 Å². The van der Waals surface area contributed by atoms with Crippen molar-refractivity contribution in [3.63, 3.8) is 0 Å². The molecule has 4 heterocycles. The molecule has 34 heavy (non-hydrogen) atoms. The summed E-state index contributed by atoms with van der Waals surface area (Å²) < 4.78 is 16.8. The van der Waals surface area contributed by atoms with Gasteiger partial charge in [-0.3, -0.25) is 9.59 Å². The number of aromatic nitrogens is 4. The van der Waals surface area contributed by atoms with Gasteiger partial charge in [0.2, 0.25) is 5.91 Å². The predicted molar refractivity (Wildman–Crippen MR) is 115 cm³/mol. The number of fused-ring (bicyclic) bond motifs is 1. The lowest BCUT2D eigenvalue weighted by Crippen LogP contribution is -2.48. The van der Waals surface area contributed by atoms with Crippen molar-refractivity contribution in [3.8, 4) is 16.9 Å². The van der Waals surface area contributed by atoms with Gasteiger partial charge in [0.1, 0.15) is 17.8 Å². The molecule has 1 fully saturated rings. The second-order valence-electron chi connectivity index (χ2n) is 7.89. The zero-order valence-corrected chi connectivity index (χ0v) is 18.5. The summed E-state index contributed by atoms with van der Waals surface area (Å²) in [6.45, 7) is 2.48. The first kappa shape index (κ1) is 21.8. The highest BCUT2D eigenvalue weighted by Crippen LogP contribution is 2.30. The Morgan fingerprint density at radius 1 is 1.12 bits per heavy atom. The van der Waals surface area contributed by atoms with Gasteiger partial charge in [-0.2, -0.15) is 0 Å². The van der Waals surface area contributed by atoms with Gasteiger partial charge in [-0.1, -0.05) is 22.5 Å². The monoisotopic (exact) mass is 466 g/mol. The second-order valence-corrected chi connectivity index (χ2v) is 7.89. The molecule has 0 bridgehead atoms. The van der Waals surface area contributed by atoms with E-state index in [1.807, 2.05) is 0 Å². The fourth-order valence-corrected chi connectivity index (χ4v) is 4.00. The maximum absolute atomic E-state index is 13.2. The van der Waals surface area contributed by atoms with Crippen molar-refractivity contribution in [3.05, 3.63) is 47.5 Å². The average molecular weight is 466 g/mol. The molecule has 0 aliphatic carbocycles. The van der Waals surface area contributed by atoms with Gasteiger partial charge in [-0.15, -0.1) is 5.10 Å². The standard InChI is InChI=1S/C22H22N6O6/c1-32-22(31)16-12-28(25-23-16)15-4-2-14(3-5-15)20-19-17(34-24-20)6-7-27(21(19)30)13-18(29)26-8-10-33-11-9-26/h2-5,12H,6-11,13H2,1H3. The molecule has 2 amide bonds. The van der Waals surface area contributed by atoms with Crippen molar-refractivity contribution in [1.82, 2.24) is 30.0 Å². The largest absolute Gasteiger partial charge is 0.464 e. The van der Waals surface area contributed by atoms with Crippen molar-refractivity contribution in [1.29, 1.82) is 0 Å². The summed E-state index contributed by atoms with van der Waals surface area (Å²) in [6.07, 6.45) is 1.95. The number of esters is 1. The molecule has 0 unspecified atom stereocenters. The third-order valence-corrected chi connectivity index (χ3v) is 5.86. The van der Waals surface area contributed by atoms with Gasteiger partial charge in [0.05, 0.1) is 32.2 Å². The zero-order chi connectivity index (χ0) is 23.7. The summed E-state index contributed by atoms with van der Waals surface area (Å²) in [5, 5.41) is 11.9. The lowest BCUT2D eigenvalue weighted by molar-refractivity contribution is -0.136. The Hall–Kier alpha value is -4.06. The lowest BCUT2D eigenvalue weighted by Gasteiger charge is -2.31. The Morgan fingerprint density at radius 3 is 2.62 bits per heavy atom. The number of benzene rings is 1. The third-order valence-electron chi connectivity index (χ3n) is 5.86. The molecule has 0 saturated carbocycles. The van der Waals surface area contributed by atoms with E-state index in [2.05, 4.69) is 20.2 Å². The van der Waals surface area contributed by atoms with Gasteiger partial charge in [-0.25, -0.2) is 9.48 Å². The van der Waals surface area contributed by atoms with Crippen molar-refractivity contribution in [2.45, 2.75) is 6.42 Å². The number of nitrogens with zero attached hydrogens (tertiary/aromatic N) is 6. The Labute approximate surface area is 194 Å². The molecule has 1 saturated heterocycles. The highest BCUT2D eigenvalue weighted by atomic mass is 16.5. The highest BCUT2D eigenvalue weighted by Gasteiger charge is 2.34.